The summed E-state index contributed by atoms with van der Waals surface area (Å²) in [4.78, 5) is 22.1. The fraction of sp³-hybridized carbons (Fsp3) is 0.273. The largest absolute Gasteiger partial charge is 0.462 e. The Morgan fingerprint density at radius 1 is 1.53 bits per heavy atom. The van der Waals surface area contributed by atoms with Gasteiger partial charge in [-0.05, 0) is 31.5 Å². The van der Waals surface area contributed by atoms with E-state index in [0.29, 0.717) is 11.8 Å². The van der Waals surface area contributed by atoms with Crippen LogP contribution in [-0.4, -0.2) is 18.9 Å². The Kier molecular flexibility index (Phi) is 3.86. The molecule has 0 bridgehead atoms. The van der Waals surface area contributed by atoms with Gasteiger partial charge < -0.3 is 4.74 Å². The average Bonchev–Trinajstić information content (AvgIpc) is 2.21. The van der Waals surface area contributed by atoms with Crippen molar-refractivity contribution in [2.24, 2.45) is 0 Å². The van der Waals surface area contributed by atoms with E-state index in [1.165, 1.54) is 0 Å². The maximum atomic E-state index is 11.5. The molecule has 0 N–H and O–H groups in total. The number of hydrogen-bond donors (Lipinski definition) is 0. The normalized spacial score (nSPS) is 9.80. The van der Waals surface area contributed by atoms with Gasteiger partial charge in [-0.15, -0.1) is 0 Å². The highest BCUT2D eigenvalue weighted by molar-refractivity contribution is 6.35. The lowest BCUT2D eigenvalue weighted by Crippen LogP contribution is -2.07. The van der Waals surface area contributed by atoms with E-state index in [4.69, 9.17) is 16.3 Å². The molecular formula is C11H11ClO3. The Morgan fingerprint density at radius 2 is 2.20 bits per heavy atom. The molecule has 0 fully saturated rings. The van der Waals surface area contributed by atoms with E-state index in [2.05, 4.69) is 0 Å². The van der Waals surface area contributed by atoms with Crippen LogP contribution in [0.1, 0.15) is 33.2 Å². The molecule has 1 rings (SSSR count). The maximum Gasteiger partial charge on any atom is 0.339 e. The number of aldehydes is 1. The van der Waals surface area contributed by atoms with Crippen molar-refractivity contribution in [1.29, 1.82) is 0 Å². The molecule has 0 radical (unpaired) electrons. The molecule has 0 saturated heterocycles. The number of benzene rings is 1. The van der Waals surface area contributed by atoms with E-state index in [-0.39, 0.29) is 17.2 Å². The van der Waals surface area contributed by atoms with Crippen LogP contribution in [-0.2, 0) is 4.74 Å². The number of ether oxygens (including phenoxy) is 1. The Morgan fingerprint density at radius 3 is 2.73 bits per heavy atom. The zero-order chi connectivity index (χ0) is 11.4. The lowest BCUT2D eigenvalue weighted by molar-refractivity contribution is 0.0526. The van der Waals surface area contributed by atoms with Gasteiger partial charge in [-0.3, -0.25) is 4.79 Å². The quantitative estimate of drug-likeness (QED) is 0.588. The molecular weight excluding hydrogens is 216 g/mol. The molecule has 0 aromatic heterocycles. The molecule has 15 heavy (non-hydrogen) atoms. The number of carbonyl (C=O) groups excluding carboxylic acids is 2. The first-order valence-corrected chi connectivity index (χ1v) is 4.90. The van der Waals surface area contributed by atoms with Crippen LogP contribution in [0.5, 0.6) is 0 Å². The molecule has 1 aromatic carbocycles. The summed E-state index contributed by atoms with van der Waals surface area (Å²) >= 11 is 5.88. The summed E-state index contributed by atoms with van der Waals surface area (Å²) in [7, 11) is 0. The van der Waals surface area contributed by atoms with Crippen LogP contribution in [0.2, 0.25) is 5.02 Å². The molecule has 0 aliphatic carbocycles. The highest BCUT2D eigenvalue weighted by Gasteiger charge is 2.14. The summed E-state index contributed by atoms with van der Waals surface area (Å²) < 4.78 is 4.82. The van der Waals surface area contributed by atoms with E-state index >= 15 is 0 Å². The number of rotatable bonds is 3. The topological polar surface area (TPSA) is 43.4 Å². The van der Waals surface area contributed by atoms with E-state index in [9.17, 15) is 9.59 Å². The number of halogens is 1. The van der Waals surface area contributed by atoms with Crippen LogP contribution in [0.4, 0.5) is 0 Å². The summed E-state index contributed by atoms with van der Waals surface area (Å²) in [5.74, 6) is -0.505. The first kappa shape index (κ1) is 11.7. The lowest BCUT2D eigenvalue weighted by Gasteiger charge is -2.07. The van der Waals surface area contributed by atoms with Gasteiger partial charge >= 0.3 is 5.97 Å². The van der Waals surface area contributed by atoms with Crippen molar-refractivity contribution in [1.82, 2.24) is 0 Å². The van der Waals surface area contributed by atoms with Crippen molar-refractivity contribution < 1.29 is 14.3 Å². The minimum Gasteiger partial charge on any atom is -0.462 e. The maximum absolute atomic E-state index is 11.5. The van der Waals surface area contributed by atoms with E-state index < -0.39 is 5.97 Å². The van der Waals surface area contributed by atoms with Crippen LogP contribution in [0.25, 0.3) is 0 Å². The standard InChI is InChI=1S/C11H11ClO3/c1-3-15-11(14)9-5-7(2)4-8(6-13)10(9)12/h4-6H,3H2,1-2H3. The molecule has 0 spiro atoms. The summed E-state index contributed by atoms with van der Waals surface area (Å²) in [5.41, 5.74) is 1.34. The SMILES string of the molecule is CCOC(=O)c1cc(C)cc(C=O)c1Cl. The molecule has 0 amide bonds. The van der Waals surface area contributed by atoms with Gasteiger partial charge in [0, 0.05) is 5.56 Å². The molecule has 0 atom stereocenters. The number of carbonyl (C=O) groups is 2. The van der Waals surface area contributed by atoms with Gasteiger partial charge in [0.25, 0.3) is 0 Å². The highest BCUT2D eigenvalue weighted by atomic mass is 35.5. The number of aryl methyl sites for hydroxylation is 1. The third-order valence-corrected chi connectivity index (χ3v) is 2.29. The molecule has 4 heteroatoms. The van der Waals surface area contributed by atoms with Gasteiger partial charge in [0.2, 0.25) is 0 Å². The third kappa shape index (κ3) is 2.57. The van der Waals surface area contributed by atoms with E-state index in [1.54, 1.807) is 26.0 Å². The second kappa shape index (κ2) is 4.94. The Hall–Kier alpha value is -1.35. The first-order valence-electron chi connectivity index (χ1n) is 4.52. The van der Waals surface area contributed by atoms with Gasteiger partial charge in [0.05, 0.1) is 17.2 Å². The molecule has 0 aliphatic rings. The second-order valence-corrected chi connectivity index (χ2v) is 3.43. The van der Waals surface area contributed by atoms with Crippen LogP contribution in [0, 0.1) is 6.92 Å². The van der Waals surface area contributed by atoms with Crippen molar-refractivity contribution in [3.63, 3.8) is 0 Å². The monoisotopic (exact) mass is 226 g/mol. The molecule has 1 aromatic rings. The van der Waals surface area contributed by atoms with Gasteiger partial charge in [-0.1, -0.05) is 11.6 Å². The van der Waals surface area contributed by atoms with Gasteiger partial charge in [-0.2, -0.15) is 0 Å². The Bertz CT molecular complexity index is 399. The Labute approximate surface area is 93.0 Å². The number of hydrogen-bond acceptors (Lipinski definition) is 3. The van der Waals surface area contributed by atoms with Crippen molar-refractivity contribution in [2.75, 3.05) is 6.61 Å². The van der Waals surface area contributed by atoms with Gasteiger partial charge in [-0.25, -0.2) is 4.79 Å². The molecule has 0 saturated carbocycles. The van der Waals surface area contributed by atoms with Crippen molar-refractivity contribution in [3.8, 4) is 0 Å². The zero-order valence-corrected chi connectivity index (χ0v) is 9.30. The molecule has 0 aliphatic heterocycles. The van der Waals surface area contributed by atoms with Crippen LogP contribution < -0.4 is 0 Å². The smallest absolute Gasteiger partial charge is 0.339 e. The first-order chi connectivity index (χ1) is 7.10. The summed E-state index contributed by atoms with van der Waals surface area (Å²) in [6.45, 7) is 3.77. The van der Waals surface area contributed by atoms with E-state index in [1.807, 2.05) is 0 Å². The average molecular weight is 227 g/mol. The third-order valence-electron chi connectivity index (χ3n) is 1.87. The van der Waals surface area contributed by atoms with Crippen molar-refractivity contribution in [3.05, 3.63) is 33.8 Å². The summed E-state index contributed by atoms with van der Waals surface area (Å²) in [5, 5.41) is 0.147. The summed E-state index contributed by atoms with van der Waals surface area (Å²) in [6.07, 6.45) is 0.623. The predicted octanol–water partition coefficient (Wildman–Crippen LogP) is 2.64. The summed E-state index contributed by atoms with van der Waals surface area (Å²) in [6, 6.07) is 3.23. The van der Waals surface area contributed by atoms with Gasteiger partial charge in [0.1, 0.15) is 0 Å². The van der Waals surface area contributed by atoms with Crippen molar-refractivity contribution in [2.45, 2.75) is 13.8 Å². The lowest BCUT2D eigenvalue weighted by atomic mass is 10.1. The highest BCUT2D eigenvalue weighted by Crippen LogP contribution is 2.22. The Balaban J connectivity index is 3.22. The minimum absolute atomic E-state index is 0.147. The number of esters is 1. The van der Waals surface area contributed by atoms with Gasteiger partial charge in [0.15, 0.2) is 6.29 Å². The zero-order valence-electron chi connectivity index (χ0n) is 8.54. The fourth-order valence-electron chi connectivity index (χ4n) is 1.24. The molecule has 0 unspecified atom stereocenters. The van der Waals surface area contributed by atoms with Crippen LogP contribution in [0.3, 0.4) is 0 Å². The van der Waals surface area contributed by atoms with Crippen LogP contribution in [0.15, 0.2) is 12.1 Å². The molecule has 0 heterocycles. The van der Waals surface area contributed by atoms with Crippen LogP contribution >= 0.6 is 11.6 Å². The van der Waals surface area contributed by atoms with E-state index in [0.717, 1.165) is 5.56 Å². The van der Waals surface area contributed by atoms with Crippen molar-refractivity contribution >= 4 is 23.9 Å². The minimum atomic E-state index is -0.505. The predicted molar refractivity (Wildman–Crippen MR) is 57.5 cm³/mol. The fourth-order valence-corrected chi connectivity index (χ4v) is 1.47. The molecule has 3 nitrogen and oxygen atoms in total. The molecule has 80 valence electrons. The second-order valence-electron chi connectivity index (χ2n) is 3.05.